The molecule has 0 aliphatic carbocycles. The lowest BCUT2D eigenvalue weighted by Crippen LogP contribution is -2.05. The first-order valence-electron chi connectivity index (χ1n) is 24.2. The molecule has 3 aromatic heterocycles. The van der Waals surface area contributed by atoms with Crippen LogP contribution >= 0.6 is 34.5 Å². The van der Waals surface area contributed by atoms with E-state index in [1.54, 1.807) is 66.7 Å². The number of aromatic nitrogens is 4. The highest BCUT2D eigenvalue weighted by Crippen LogP contribution is 2.49. The van der Waals surface area contributed by atoms with Gasteiger partial charge in [-0.2, -0.15) is 59.1 Å². The topological polar surface area (TPSA) is 434 Å². The van der Waals surface area contributed by atoms with Gasteiger partial charge in [-0.05, 0) is 120 Å². The fraction of sp³-hybridized carbons (Fsp3) is 0.0189. The normalized spacial score (nSPS) is 12.1. The van der Waals surface area contributed by atoms with Gasteiger partial charge in [-0.1, -0.05) is 70.9 Å². The second kappa shape index (κ2) is 23.6. The van der Waals surface area contributed by atoms with E-state index in [0.29, 0.717) is 33.4 Å². The molecule has 0 unspecified atom stereocenters. The Morgan fingerprint density at radius 1 is 0.517 bits per heavy atom. The van der Waals surface area contributed by atoms with Crippen molar-refractivity contribution in [3.05, 3.63) is 160 Å². The van der Waals surface area contributed by atoms with Crippen LogP contribution in [0.25, 0.3) is 32.7 Å². The lowest BCUT2D eigenvalue weighted by atomic mass is 10.0. The van der Waals surface area contributed by atoms with Crippen LogP contribution in [-0.4, -0.2) is 76.9 Å². The van der Waals surface area contributed by atoms with Gasteiger partial charge in [0.05, 0.1) is 21.2 Å². The molecule has 0 aliphatic heterocycles. The first kappa shape index (κ1) is 60.4. The fourth-order valence-corrected chi connectivity index (χ4v) is 12.6. The van der Waals surface area contributed by atoms with Crippen LogP contribution in [0.15, 0.2) is 173 Å². The van der Waals surface area contributed by atoms with Crippen LogP contribution in [0, 0.1) is 29.6 Å². The van der Waals surface area contributed by atoms with Gasteiger partial charge in [-0.25, -0.2) is 4.98 Å². The SMILES string of the molecule is Cc1c(C#N)c(Nc2ccc(Cl)c(S(=O)(=O)O)c2)nc(Nc2ccc(Cl)cc2)c1N=Nc1sc(N=Nc2ccc3cccc(S(=O)(=O)O)c3c2)c(-c2ccc(Nc3nc(O)nc(Nc4ccc5cc(S(=O)(=O)O)cc(S(=O)(=O)O)c5c4)n3)cc2)c1C#N. The number of pyridine rings is 1. The highest BCUT2D eigenvalue weighted by Gasteiger charge is 2.25. The number of nitriles is 2. The van der Waals surface area contributed by atoms with Crippen LogP contribution in [0.5, 0.6) is 6.01 Å². The number of fused-ring (bicyclic) bond motifs is 2. The van der Waals surface area contributed by atoms with Crippen LogP contribution in [0.4, 0.5) is 67.7 Å². The van der Waals surface area contributed by atoms with Crippen LogP contribution in [-0.2, 0) is 40.5 Å². The average molecular weight is 1310 g/mol. The summed E-state index contributed by atoms with van der Waals surface area (Å²) in [6, 6.07) is 34.0. The van der Waals surface area contributed by atoms with E-state index in [4.69, 9.17) is 23.2 Å². The number of anilines is 8. The molecule has 27 nitrogen and oxygen atoms in total. The number of benzene rings is 7. The molecule has 0 spiro atoms. The van der Waals surface area contributed by atoms with Crippen molar-refractivity contribution < 1.29 is 57.0 Å². The zero-order valence-electron chi connectivity index (χ0n) is 43.5. The fourth-order valence-electron chi connectivity index (χ4n) is 8.55. The first-order valence-corrected chi connectivity index (χ1v) is 31.5. The van der Waals surface area contributed by atoms with Crippen LogP contribution in [0.2, 0.25) is 10.0 Å². The van der Waals surface area contributed by atoms with Crippen molar-refractivity contribution in [2.45, 2.75) is 26.5 Å². The molecule has 34 heteroatoms. The van der Waals surface area contributed by atoms with E-state index in [9.17, 15) is 67.5 Å². The zero-order chi connectivity index (χ0) is 62.3. The Bertz CT molecular complexity index is 5150. The second-order valence-electron chi connectivity index (χ2n) is 18.2. The Morgan fingerprint density at radius 2 is 1.09 bits per heavy atom. The minimum absolute atomic E-state index is 0.000562. The molecule has 0 amide bonds. The molecule has 0 saturated heterocycles. The van der Waals surface area contributed by atoms with E-state index in [0.717, 1.165) is 23.5 Å². The van der Waals surface area contributed by atoms with Crippen LogP contribution < -0.4 is 21.3 Å². The third kappa shape index (κ3) is 13.4. The number of aromatic hydroxyl groups is 1. The van der Waals surface area contributed by atoms with E-state index in [1.807, 2.05) is 0 Å². The molecule has 87 heavy (non-hydrogen) atoms. The molecule has 9 N–H and O–H groups in total. The van der Waals surface area contributed by atoms with E-state index in [-0.39, 0.29) is 105 Å². The summed E-state index contributed by atoms with van der Waals surface area (Å²) in [5, 5.41) is 62.3. The average Bonchev–Trinajstić information content (AvgIpc) is 1.77. The van der Waals surface area contributed by atoms with Crippen molar-refractivity contribution in [1.29, 1.82) is 10.5 Å². The van der Waals surface area contributed by atoms with Crippen molar-refractivity contribution in [3.63, 3.8) is 0 Å². The predicted octanol–water partition coefficient (Wildman–Crippen LogP) is 13.2. The molecule has 10 rings (SSSR count). The standard InChI is InChI=1S/C53H34Cl2N14O13S5/c1-26-39(24-56)47(59-34-17-18-41(55)44(22-34)87(80,81)82)62-48(58-31-15-9-30(54)10-16-31)46(26)67-68-49-40(25-57)45(50(83-49)69-66-35-14-5-27-3-2-4-42(37(27)21-35)85(74,75)76)28-6-11-32(12-7-28)60-51-63-52(65-53(70)64-51)61-33-13-8-29-19-36(84(71,72)73)23-43(38(29)20-33)86(77,78)79/h2-23H,1H3,(H2,58,59,62)(H,71,72,73)(H,74,75,76)(H,77,78,79)(H,80,81,82)(H3,60,61,63,64,65,70). The number of azo groups is 2. The summed E-state index contributed by atoms with van der Waals surface area (Å²) >= 11 is 13.1. The van der Waals surface area contributed by atoms with Gasteiger partial charge in [-0.3, -0.25) is 18.2 Å². The number of nitrogens with zero attached hydrogens (tertiary/aromatic N) is 10. The number of hydrogen-bond donors (Lipinski definition) is 9. The molecule has 0 radical (unpaired) electrons. The molecule has 7 aromatic carbocycles. The molecule has 0 saturated carbocycles. The summed E-state index contributed by atoms with van der Waals surface area (Å²) in [4.78, 5) is 14.1. The second-order valence-corrected chi connectivity index (χ2v) is 25.6. The van der Waals surface area contributed by atoms with Gasteiger partial charge in [0.25, 0.3) is 40.5 Å². The molecule has 0 fully saturated rings. The molecule has 0 atom stereocenters. The van der Waals surface area contributed by atoms with Crippen LogP contribution in [0.3, 0.4) is 0 Å². The summed E-state index contributed by atoms with van der Waals surface area (Å²) < 4.78 is 137. The van der Waals surface area contributed by atoms with Gasteiger partial charge < -0.3 is 26.4 Å². The molecule has 0 aliphatic rings. The van der Waals surface area contributed by atoms with Crippen molar-refractivity contribution >= 4 is 164 Å². The number of hydrogen-bond acceptors (Lipinski definition) is 24. The monoisotopic (exact) mass is 1300 g/mol. The van der Waals surface area contributed by atoms with E-state index in [1.165, 1.54) is 55.5 Å². The summed E-state index contributed by atoms with van der Waals surface area (Å²) in [6.07, 6.45) is 0. The summed E-state index contributed by atoms with van der Waals surface area (Å²) in [5.41, 5.74) is 1.61. The molecule has 438 valence electrons. The molecular formula is C53H34Cl2N14O13S5. The number of halogens is 2. The van der Waals surface area contributed by atoms with Crippen LogP contribution in [0.1, 0.15) is 16.7 Å². The molecule has 10 aromatic rings. The minimum Gasteiger partial charge on any atom is -0.479 e. The largest absolute Gasteiger partial charge is 0.479 e. The van der Waals surface area contributed by atoms with Gasteiger partial charge in [-0.15, -0.1) is 20.5 Å². The van der Waals surface area contributed by atoms with Gasteiger partial charge in [0.2, 0.25) is 11.9 Å². The molecule has 0 bridgehead atoms. The summed E-state index contributed by atoms with van der Waals surface area (Å²) in [5.74, 6) is -0.583. The van der Waals surface area contributed by atoms with Gasteiger partial charge >= 0.3 is 6.01 Å². The van der Waals surface area contributed by atoms with Crippen molar-refractivity contribution in [2.75, 3.05) is 21.3 Å². The van der Waals surface area contributed by atoms with E-state index >= 15 is 0 Å². The Kier molecular flexibility index (Phi) is 16.4. The third-order valence-electron chi connectivity index (χ3n) is 12.5. The highest BCUT2D eigenvalue weighted by molar-refractivity contribution is 7.87. The number of nitrogens with one attached hydrogen (secondary N) is 4. The Morgan fingerprint density at radius 3 is 1.75 bits per heavy atom. The highest BCUT2D eigenvalue weighted by atomic mass is 35.5. The summed E-state index contributed by atoms with van der Waals surface area (Å²) in [6.45, 7) is 1.54. The number of rotatable bonds is 17. The Balaban J connectivity index is 1.03. The predicted molar refractivity (Wildman–Crippen MR) is 321 cm³/mol. The van der Waals surface area contributed by atoms with E-state index in [2.05, 4.69) is 73.8 Å². The quantitative estimate of drug-likeness (QED) is 0.0302. The Labute approximate surface area is 506 Å². The van der Waals surface area contributed by atoms with Crippen molar-refractivity contribution in [1.82, 2.24) is 19.9 Å². The maximum Gasteiger partial charge on any atom is 0.320 e. The molecule has 3 heterocycles. The van der Waals surface area contributed by atoms with Gasteiger partial charge in [0, 0.05) is 49.7 Å². The van der Waals surface area contributed by atoms with Crippen molar-refractivity contribution in [3.8, 4) is 29.3 Å². The third-order valence-corrected chi connectivity index (χ3v) is 17.6. The lowest BCUT2D eigenvalue weighted by Gasteiger charge is -2.16. The minimum atomic E-state index is -5.03. The van der Waals surface area contributed by atoms with E-state index < -0.39 is 61.2 Å². The Hall–Kier alpha value is -9.68. The maximum absolute atomic E-state index is 12.3. The molecular weight excluding hydrogens is 1270 g/mol. The smallest absolute Gasteiger partial charge is 0.320 e. The lowest BCUT2D eigenvalue weighted by molar-refractivity contribution is 0.430. The van der Waals surface area contributed by atoms with Crippen molar-refractivity contribution in [2.24, 2.45) is 20.5 Å². The van der Waals surface area contributed by atoms with Gasteiger partial charge in [0.1, 0.15) is 43.1 Å². The number of thiophene rings is 1. The summed E-state index contributed by atoms with van der Waals surface area (Å²) in [7, 11) is -19.4. The van der Waals surface area contributed by atoms with Gasteiger partial charge in [0.15, 0.2) is 16.6 Å². The zero-order valence-corrected chi connectivity index (χ0v) is 49.1. The maximum atomic E-state index is 12.3. The first-order chi connectivity index (χ1) is 41.1.